The van der Waals surface area contributed by atoms with E-state index in [1.54, 1.807) is 0 Å². The Morgan fingerprint density at radius 2 is 1.37 bits per heavy atom. The third-order valence-electron chi connectivity index (χ3n) is 7.38. The number of hydrogen-bond donors (Lipinski definition) is 0. The zero-order valence-corrected chi connectivity index (χ0v) is 18.9. The zero-order valence-electron chi connectivity index (χ0n) is 18.9. The van der Waals surface area contributed by atoms with Crippen LogP contribution in [0.15, 0.2) is 43.0 Å². The Hall–Kier alpha value is -2.48. The summed E-state index contributed by atoms with van der Waals surface area (Å²) in [7, 11) is 0. The average Bonchev–Trinajstić information content (AvgIpc) is 3.03. The number of hydrogen-bond acceptors (Lipinski definition) is 2. The summed E-state index contributed by atoms with van der Waals surface area (Å²) in [6, 6.07) is 12.6. The van der Waals surface area contributed by atoms with Crippen molar-refractivity contribution in [3.8, 4) is 0 Å². The first-order valence-corrected chi connectivity index (χ1v) is 11.0. The molecule has 1 fully saturated rings. The SMILES string of the molecule is C=C(c1ccc(C2C(=O)CCC2=O)cc1)c1cc2c(cc1C)C(C)(C)CCC2(C)C. The molecule has 2 heteroatoms. The Labute approximate surface area is 180 Å². The van der Waals surface area contributed by atoms with Crippen LogP contribution in [0.25, 0.3) is 5.57 Å². The summed E-state index contributed by atoms with van der Waals surface area (Å²) in [5.41, 5.74) is 8.50. The molecule has 30 heavy (non-hydrogen) atoms. The normalized spacial score (nSPS) is 20.3. The van der Waals surface area contributed by atoms with Crippen molar-refractivity contribution < 1.29 is 9.59 Å². The maximum Gasteiger partial charge on any atom is 0.148 e. The summed E-state index contributed by atoms with van der Waals surface area (Å²) in [6.45, 7) is 16.0. The van der Waals surface area contributed by atoms with Crippen molar-refractivity contribution in [1.29, 1.82) is 0 Å². The number of fused-ring (bicyclic) bond motifs is 1. The van der Waals surface area contributed by atoms with Crippen LogP contribution in [0.5, 0.6) is 0 Å². The van der Waals surface area contributed by atoms with Crippen LogP contribution < -0.4 is 0 Å². The first-order valence-electron chi connectivity index (χ1n) is 11.0. The van der Waals surface area contributed by atoms with E-state index in [2.05, 4.69) is 53.3 Å². The van der Waals surface area contributed by atoms with Crippen LogP contribution in [0.1, 0.15) is 92.7 Å². The fraction of sp³-hybridized carbons (Fsp3) is 0.429. The van der Waals surface area contributed by atoms with Gasteiger partial charge in [0, 0.05) is 12.8 Å². The van der Waals surface area contributed by atoms with Crippen LogP contribution in [0, 0.1) is 6.92 Å². The van der Waals surface area contributed by atoms with E-state index in [0.717, 1.165) is 16.7 Å². The number of benzene rings is 2. The maximum absolute atomic E-state index is 12.1. The highest BCUT2D eigenvalue weighted by Crippen LogP contribution is 2.47. The van der Waals surface area contributed by atoms with Crippen molar-refractivity contribution in [3.63, 3.8) is 0 Å². The van der Waals surface area contributed by atoms with E-state index in [0.29, 0.717) is 12.8 Å². The second-order valence-corrected chi connectivity index (χ2v) is 10.4. The molecule has 2 aromatic carbocycles. The Balaban J connectivity index is 1.70. The van der Waals surface area contributed by atoms with E-state index in [4.69, 9.17) is 0 Å². The molecule has 0 N–H and O–H groups in total. The summed E-state index contributed by atoms with van der Waals surface area (Å²) in [4.78, 5) is 24.2. The molecule has 2 aromatic rings. The lowest BCUT2D eigenvalue weighted by Gasteiger charge is -2.42. The molecule has 2 aliphatic carbocycles. The van der Waals surface area contributed by atoms with Crippen LogP contribution in [-0.2, 0) is 20.4 Å². The topological polar surface area (TPSA) is 34.1 Å². The first-order chi connectivity index (χ1) is 14.0. The highest BCUT2D eigenvalue weighted by Gasteiger charge is 2.37. The fourth-order valence-corrected chi connectivity index (χ4v) is 5.17. The molecule has 0 amide bonds. The second-order valence-electron chi connectivity index (χ2n) is 10.4. The van der Waals surface area contributed by atoms with Crippen molar-refractivity contribution in [2.24, 2.45) is 0 Å². The molecule has 0 atom stereocenters. The number of carbonyl (C=O) groups excluding carboxylic acids is 2. The predicted octanol–water partition coefficient (Wildman–Crippen LogP) is 6.42. The molecule has 156 valence electrons. The largest absolute Gasteiger partial charge is 0.299 e. The summed E-state index contributed by atoms with van der Waals surface area (Å²) in [5.74, 6) is -0.482. The summed E-state index contributed by atoms with van der Waals surface area (Å²) in [5, 5.41) is 0. The Kier molecular flexibility index (Phi) is 4.88. The smallest absolute Gasteiger partial charge is 0.148 e. The average molecular weight is 401 g/mol. The van der Waals surface area contributed by atoms with E-state index in [1.807, 2.05) is 24.3 Å². The monoisotopic (exact) mass is 400 g/mol. The highest BCUT2D eigenvalue weighted by molar-refractivity contribution is 6.13. The minimum Gasteiger partial charge on any atom is -0.299 e. The lowest BCUT2D eigenvalue weighted by molar-refractivity contribution is -0.123. The number of Topliss-reactive ketones (excluding diaryl/α,β-unsaturated/α-hetero) is 2. The van der Waals surface area contributed by atoms with Crippen LogP contribution in [-0.4, -0.2) is 11.6 Å². The van der Waals surface area contributed by atoms with Gasteiger partial charge in [-0.15, -0.1) is 0 Å². The third kappa shape index (κ3) is 3.37. The highest BCUT2D eigenvalue weighted by atomic mass is 16.2. The maximum atomic E-state index is 12.1. The molecule has 0 radical (unpaired) electrons. The van der Waals surface area contributed by atoms with Gasteiger partial charge < -0.3 is 0 Å². The van der Waals surface area contributed by atoms with Gasteiger partial charge in [-0.2, -0.15) is 0 Å². The van der Waals surface area contributed by atoms with Gasteiger partial charge >= 0.3 is 0 Å². The molecule has 2 nitrogen and oxygen atoms in total. The first kappa shape index (κ1) is 20.8. The van der Waals surface area contributed by atoms with E-state index < -0.39 is 5.92 Å². The minimum atomic E-state index is -0.569. The molecule has 0 aromatic heterocycles. The van der Waals surface area contributed by atoms with Gasteiger partial charge in [0.05, 0.1) is 0 Å². The Morgan fingerprint density at radius 3 is 1.90 bits per heavy atom. The van der Waals surface area contributed by atoms with Gasteiger partial charge in [0.25, 0.3) is 0 Å². The molecule has 0 spiro atoms. The van der Waals surface area contributed by atoms with Crippen molar-refractivity contribution >= 4 is 17.1 Å². The Bertz CT molecular complexity index is 1030. The number of rotatable bonds is 3. The summed E-state index contributed by atoms with van der Waals surface area (Å²) < 4.78 is 0. The number of ketones is 2. The molecule has 0 aliphatic heterocycles. The molecular formula is C28H32O2. The van der Waals surface area contributed by atoms with Crippen molar-refractivity contribution in [2.45, 2.75) is 77.0 Å². The molecule has 4 rings (SSSR count). The molecular weight excluding hydrogens is 368 g/mol. The molecule has 1 saturated carbocycles. The molecule has 2 aliphatic rings. The standard InChI is InChI=1S/C28H32O2/c1-17-15-22-23(28(5,6)14-13-27(22,3)4)16-21(17)18(2)19-7-9-20(10-8-19)26-24(29)11-12-25(26)30/h7-10,15-16,26H,2,11-14H2,1,3-6H3. The van der Waals surface area contributed by atoms with Gasteiger partial charge in [0.15, 0.2) is 0 Å². The quantitative estimate of drug-likeness (QED) is 0.557. The van der Waals surface area contributed by atoms with Crippen LogP contribution in [0.3, 0.4) is 0 Å². The molecule has 0 bridgehead atoms. The van der Waals surface area contributed by atoms with Gasteiger partial charge in [0.1, 0.15) is 17.5 Å². The van der Waals surface area contributed by atoms with Gasteiger partial charge in [-0.3, -0.25) is 9.59 Å². The van der Waals surface area contributed by atoms with Crippen molar-refractivity contribution in [3.05, 3.63) is 76.4 Å². The Morgan fingerprint density at radius 1 is 0.867 bits per heavy atom. The fourth-order valence-electron chi connectivity index (χ4n) is 5.17. The zero-order chi connectivity index (χ0) is 21.8. The van der Waals surface area contributed by atoms with E-state index in [1.165, 1.54) is 35.1 Å². The predicted molar refractivity (Wildman–Crippen MR) is 123 cm³/mol. The van der Waals surface area contributed by atoms with E-state index >= 15 is 0 Å². The van der Waals surface area contributed by atoms with Gasteiger partial charge in [-0.1, -0.05) is 70.7 Å². The van der Waals surface area contributed by atoms with Crippen LogP contribution in [0.4, 0.5) is 0 Å². The molecule has 0 unspecified atom stereocenters. The minimum absolute atomic E-state index is 0.0435. The number of carbonyl (C=O) groups is 2. The molecule has 0 heterocycles. The lowest BCUT2D eigenvalue weighted by Crippen LogP contribution is -2.34. The van der Waals surface area contributed by atoms with Gasteiger partial charge in [0.2, 0.25) is 0 Å². The third-order valence-corrected chi connectivity index (χ3v) is 7.38. The van der Waals surface area contributed by atoms with Crippen molar-refractivity contribution in [2.75, 3.05) is 0 Å². The van der Waals surface area contributed by atoms with E-state index in [-0.39, 0.29) is 22.4 Å². The van der Waals surface area contributed by atoms with Crippen molar-refractivity contribution in [1.82, 2.24) is 0 Å². The lowest BCUT2D eigenvalue weighted by atomic mass is 9.62. The summed E-state index contributed by atoms with van der Waals surface area (Å²) >= 11 is 0. The van der Waals surface area contributed by atoms with Gasteiger partial charge in [-0.05, 0) is 69.5 Å². The second kappa shape index (κ2) is 7.04. The van der Waals surface area contributed by atoms with Gasteiger partial charge in [-0.25, -0.2) is 0 Å². The van der Waals surface area contributed by atoms with E-state index in [9.17, 15) is 9.59 Å². The number of aryl methyl sites for hydroxylation is 1. The molecule has 0 saturated heterocycles. The van der Waals surface area contributed by atoms with Crippen LogP contribution >= 0.6 is 0 Å². The van der Waals surface area contributed by atoms with Crippen LogP contribution in [0.2, 0.25) is 0 Å². The summed E-state index contributed by atoms with van der Waals surface area (Å²) in [6.07, 6.45) is 3.13.